The Hall–Kier alpha value is -1.92. The number of carbonyl (C=O) groups is 1. The third-order valence-electron chi connectivity index (χ3n) is 3.53. The van der Waals surface area contributed by atoms with Gasteiger partial charge in [-0.25, -0.2) is 0 Å². The molecule has 1 amide bonds. The van der Waals surface area contributed by atoms with Gasteiger partial charge in [-0.15, -0.1) is 5.10 Å². The van der Waals surface area contributed by atoms with E-state index in [4.69, 9.17) is 0 Å². The predicted octanol–water partition coefficient (Wildman–Crippen LogP) is 4.30. The molecule has 0 aromatic heterocycles. The average Bonchev–Trinajstić information content (AvgIpc) is 2.85. The normalized spacial score (nSPS) is 19.6. The standard InChI is InChI=1S/C18H16BrN3OS/c1-13-17(23)22(12-15-5-3-2-4-6-15)18(24-13)21-20-11-14-7-9-16(19)10-8-14/h2-11,13H,12H2,1H3. The summed E-state index contributed by atoms with van der Waals surface area (Å²) in [6.45, 7) is 2.41. The molecule has 0 bridgehead atoms. The summed E-state index contributed by atoms with van der Waals surface area (Å²) in [4.78, 5) is 14.1. The lowest BCUT2D eigenvalue weighted by Gasteiger charge is -2.15. The minimum absolute atomic E-state index is 0.0708. The lowest BCUT2D eigenvalue weighted by molar-refractivity contribution is -0.126. The van der Waals surface area contributed by atoms with Crippen molar-refractivity contribution < 1.29 is 4.79 Å². The molecule has 1 aliphatic rings. The highest BCUT2D eigenvalue weighted by Crippen LogP contribution is 2.28. The number of rotatable bonds is 4. The van der Waals surface area contributed by atoms with Gasteiger partial charge in [-0.1, -0.05) is 70.2 Å². The molecule has 1 fully saturated rings. The highest BCUT2D eigenvalue weighted by molar-refractivity contribution is 9.10. The minimum Gasteiger partial charge on any atom is -0.284 e. The first-order valence-electron chi connectivity index (χ1n) is 7.52. The van der Waals surface area contributed by atoms with Crippen LogP contribution in [0.1, 0.15) is 18.1 Å². The summed E-state index contributed by atoms with van der Waals surface area (Å²) >= 11 is 4.84. The molecule has 3 rings (SSSR count). The van der Waals surface area contributed by atoms with Crippen molar-refractivity contribution in [3.8, 4) is 0 Å². The first-order chi connectivity index (χ1) is 11.6. The number of nitrogens with zero attached hydrogens (tertiary/aromatic N) is 3. The van der Waals surface area contributed by atoms with Crippen LogP contribution in [0.2, 0.25) is 0 Å². The molecule has 0 radical (unpaired) electrons. The third-order valence-corrected chi connectivity index (χ3v) is 5.13. The van der Waals surface area contributed by atoms with Gasteiger partial charge in [0.25, 0.3) is 0 Å². The number of amidine groups is 1. The van der Waals surface area contributed by atoms with Crippen LogP contribution in [0.15, 0.2) is 69.3 Å². The zero-order valence-corrected chi connectivity index (χ0v) is 15.5. The second kappa shape index (κ2) is 7.77. The van der Waals surface area contributed by atoms with Gasteiger partial charge in [0.15, 0.2) is 5.17 Å². The number of thioether (sulfide) groups is 1. The molecule has 0 N–H and O–H groups in total. The van der Waals surface area contributed by atoms with Gasteiger partial charge in [0.1, 0.15) is 0 Å². The molecule has 4 nitrogen and oxygen atoms in total. The summed E-state index contributed by atoms with van der Waals surface area (Å²) in [5.41, 5.74) is 2.03. The number of carbonyl (C=O) groups excluding carboxylic acids is 1. The zero-order valence-electron chi connectivity index (χ0n) is 13.1. The van der Waals surface area contributed by atoms with E-state index in [0.29, 0.717) is 11.7 Å². The van der Waals surface area contributed by atoms with Crippen molar-refractivity contribution in [2.75, 3.05) is 0 Å². The van der Waals surface area contributed by atoms with E-state index in [1.54, 1.807) is 11.1 Å². The van der Waals surface area contributed by atoms with Gasteiger partial charge in [-0.05, 0) is 30.2 Å². The van der Waals surface area contributed by atoms with Crippen LogP contribution in [-0.4, -0.2) is 27.4 Å². The summed E-state index contributed by atoms with van der Waals surface area (Å²) in [6.07, 6.45) is 1.69. The van der Waals surface area contributed by atoms with E-state index in [1.807, 2.05) is 61.5 Å². The van der Waals surface area contributed by atoms with Gasteiger partial charge in [-0.3, -0.25) is 9.69 Å². The Morgan fingerprint density at radius 2 is 1.88 bits per heavy atom. The highest BCUT2D eigenvalue weighted by Gasteiger charge is 2.35. The Morgan fingerprint density at radius 1 is 1.17 bits per heavy atom. The lowest BCUT2D eigenvalue weighted by Crippen LogP contribution is -2.30. The molecule has 1 saturated heterocycles. The van der Waals surface area contributed by atoms with Crippen molar-refractivity contribution in [3.63, 3.8) is 0 Å². The van der Waals surface area contributed by atoms with Crippen LogP contribution < -0.4 is 0 Å². The second-order valence-electron chi connectivity index (χ2n) is 5.35. The summed E-state index contributed by atoms with van der Waals surface area (Å²) < 4.78 is 1.02. The van der Waals surface area contributed by atoms with E-state index in [-0.39, 0.29) is 11.2 Å². The molecule has 1 unspecified atom stereocenters. The van der Waals surface area contributed by atoms with Gasteiger partial charge >= 0.3 is 0 Å². The van der Waals surface area contributed by atoms with Crippen LogP contribution in [0, 0.1) is 0 Å². The van der Waals surface area contributed by atoms with E-state index in [2.05, 4.69) is 26.1 Å². The Morgan fingerprint density at radius 3 is 2.58 bits per heavy atom. The SMILES string of the molecule is CC1SC(=NN=Cc2ccc(Br)cc2)N(Cc2ccccc2)C1=O. The maximum atomic E-state index is 12.4. The van der Waals surface area contributed by atoms with Crippen molar-refractivity contribution in [1.29, 1.82) is 0 Å². The van der Waals surface area contributed by atoms with E-state index in [1.165, 1.54) is 11.8 Å². The Balaban J connectivity index is 1.76. The quantitative estimate of drug-likeness (QED) is 0.565. The Labute approximate surface area is 153 Å². The summed E-state index contributed by atoms with van der Waals surface area (Å²) in [5, 5.41) is 8.92. The molecule has 2 aromatic rings. The third kappa shape index (κ3) is 4.13. The van der Waals surface area contributed by atoms with E-state index in [0.717, 1.165) is 15.6 Å². The molecule has 6 heteroatoms. The molecule has 1 atom stereocenters. The average molecular weight is 402 g/mol. The maximum Gasteiger partial charge on any atom is 0.242 e. The molecule has 24 heavy (non-hydrogen) atoms. The van der Waals surface area contributed by atoms with Crippen LogP contribution in [0.25, 0.3) is 0 Å². The first-order valence-corrected chi connectivity index (χ1v) is 9.19. The van der Waals surface area contributed by atoms with Gasteiger partial charge in [-0.2, -0.15) is 5.10 Å². The molecule has 0 aliphatic carbocycles. The molecule has 0 saturated carbocycles. The molecular weight excluding hydrogens is 386 g/mol. The highest BCUT2D eigenvalue weighted by atomic mass is 79.9. The van der Waals surface area contributed by atoms with Gasteiger partial charge in [0.2, 0.25) is 5.91 Å². The van der Waals surface area contributed by atoms with E-state index >= 15 is 0 Å². The van der Waals surface area contributed by atoms with Crippen molar-refractivity contribution in [1.82, 2.24) is 4.90 Å². The molecule has 0 spiro atoms. The molecule has 1 aliphatic heterocycles. The van der Waals surface area contributed by atoms with Crippen molar-refractivity contribution in [3.05, 3.63) is 70.2 Å². The number of hydrogen-bond acceptors (Lipinski definition) is 4. The van der Waals surface area contributed by atoms with Gasteiger partial charge in [0.05, 0.1) is 18.0 Å². The summed E-state index contributed by atoms with van der Waals surface area (Å²) in [6, 6.07) is 17.7. The van der Waals surface area contributed by atoms with Gasteiger partial charge < -0.3 is 0 Å². The molecule has 2 aromatic carbocycles. The Kier molecular flexibility index (Phi) is 5.48. The van der Waals surface area contributed by atoms with Crippen molar-refractivity contribution >= 4 is 45.0 Å². The number of benzene rings is 2. The Bertz CT molecular complexity index is 775. The maximum absolute atomic E-state index is 12.4. The first kappa shape index (κ1) is 16.9. The second-order valence-corrected chi connectivity index (χ2v) is 7.57. The van der Waals surface area contributed by atoms with Gasteiger partial charge in [0, 0.05) is 4.47 Å². The van der Waals surface area contributed by atoms with Crippen molar-refractivity contribution in [2.24, 2.45) is 10.2 Å². The topological polar surface area (TPSA) is 45.0 Å². The lowest BCUT2D eigenvalue weighted by atomic mass is 10.2. The van der Waals surface area contributed by atoms with Crippen LogP contribution in [-0.2, 0) is 11.3 Å². The molecular formula is C18H16BrN3OS. The number of amides is 1. The zero-order chi connectivity index (χ0) is 16.9. The number of halogens is 1. The van der Waals surface area contributed by atoms with E-state index in [9.17, 15) is 4.79 Å². The van der Waals surface area contributed by atoms with Crippen LogP contribution in [0.4, 0.5) is 0 Å². The van der Waals surface area contributed by atoms with Crippen molar-refractivity contribution in [2.45, 2.75) is 18.7 Å². The van der Waals surface area contributed by atoms with Crippen LogP contribution in [0.5, 0.6) is 0 Å². The van der Waals surface area contributed by atoms with Crippen LogP contribution >= 0.6 is 27.7 Å². The summed E-state index contributed by atoms with van der Waals surface area (Å²) in [5.74, 6) is 0.0708. The van der Waals surface area contributed by atoms with Crippen LogP contribution in [0.3, 0.4) is 0 Å². The van der Waals surface area contributed by atoms with E-state index < -0.39 is 0 Å². The smallest absolute Gasteiger partial charge is 0.242 e. The minimum atomic E-state index is -0.129. The molecule has 122 valence electrons. The largest absolute Gasteiger partial charge is 0.284 e. The molecule has 1 heterocycles. The predicted molar refractivity (Wildman–Crippen MR) is 103 cm³/mol. The fourth-order valence-corrected chi connectivity index (χ4v) is 3.45. The number of hydrogen-bond donors (Lipinski definition) is 0. The fraction of sp³-hybridized carbons (Fsp3) is 0.167. The monoisotopic (exact) mass is 401 g/mol. The fourth-order valence-electron chi connectivity index (χ4n) is 2.27. The summed E-state index contributed by atoms with van der Waals surface area (Å²) in [7, 11) is 0.